The summed E-state index contributed by atoms with van der Waals surface area (Å²) in [5.41, 5.74) is 0.111. The van der Waals surface area contributed by atoms with Gasteiger partial charge in [0.2, 0.25) is 6.29 Å². The van der Waals surface area contributed by atoms with Crippen molar-refractivity contribution in [1.82, 2.24) is 0 Å². The number of ether oxygens (including phenoxy) is 2. The van der Waals surface area contributed by atoms with Crippen molar-refractivity contribution < 1.29 is 23.9 Å². The maximum absolute atomic E-state index is 11.4. The minimum atomic E-state index is -1.06. The van der Waals surface area contributed by atoms with Crippen LogP contribution < -0.4 is 4.74 Å². The van der Waals surface area contributed by atoms with Crippen LogP contribution in [0.1, 0.15) is 17.3 Å². The molecule has 0 aromatic heterocycles. The van der Waals surface area contributed by atoms with Gasteiger partial charge in [0.05, 0.1) is 6.61 Å². The molecular formula is C11H10O5. The minimum Gasteiger partial charge on any atom is -0.462 e. The summed E-state index contributed by atoms with van der Waals surface area (Å²) in [6, 6.07) is 6.04. The smallest absolute Gasteiger partial charge is 0.376 e. The lowest BCUT2D eigenvalue weighted by Gasteiger charge is -2.06. The Hall–Kier alpha value is -2.17. The van der Waals surface area contributed by atoms with Crippen LogP contribution >= 0.6 is 0 Å². The molecule has 0 N–H and O–H groups in total. The van der Waals surface area contributed by atoms with Crippen molar-refractivity contribution in [3.8, 4) is 5.75 Å². The van der Waals surface area contributed by atoms with Gasteiger partial charge in [-0.3, -0.25) is 4.79 Å². The number of rotatable bonds is 4. The lowest BCUT2D eigenvalue weighted by Crippen LogP contribution is -2.13. The quantitative estimate of drug-likeness (QED) is 0.328. The van der Waals surface area contributed by atoms with Gasteiger partial charge in [-0.15, -0.1) is 0 Å². The van der Waals surface area contributed by atoms with Gasteiger partial charge >= 0.3 is 11.9 Å². The summed E-state index contributed by atoms with van der Waals surface area (Å²) in [6.45, 7) is 1.88. The molecule has 0 aliphatic carbocycles. The summed E-state index contributed by atoms with van der Waals surface area (Å²) in [4.78, 5) is 32.3. The minimum absolute atomic E-state index is 0.0121. The van der Waals surface area contributed by atoms with Gasteiger partial charge in [-0.25, -0.2) is 9.59 Å². The fourth-order valence-electron chi connectivity index (χ4n) is 1.07. The van der Waals surface area contributed by atoms with Crippen molar-refractivity contribution in [3.05, 3.63) is 29.8 Å². The summed E-state index contributed by atoms with van der Waals surface area (Å²) in [6.07, 6.45) is 0.0297. The van der Waals surface area contributed by atoms with Crippen LogP contribution in [-0.4, -0.2) is 24.8 Å². The second-order valence-corrected chi connectivity index (χ2v) is 2.76. The van der Waals surface area contributed by atoms with E-state index < -0.39 is 11.9 Å². The van der Waals surface area contributed by atoms with Crippen LogP contribution in [0, 0.1) is 0 Å². The average Bonchev–Trinajstić information content (AvgIpc) is 2.30. The molecule has 1 rings (SSSR count). The van der Waals surface area contributed by atoms with Crippen LogP contribution in [0.3, 0.4) is 0 Å². The van der Waals surface area contributed by atoms with Crippen molar-refractivity contribution >= 4 is 18.2 Å². The molecule has 84 valence electrons. The standard InChI is InChI=1S/C11H10O5/c1-2-15-11(14)8-5-3-4-6-9(8)16-10(13)7-12/h3-7H,2H2,1H3. The predicted octanol–water partition coefficient (Wildman–Crippen LogP) is 0.968. The summed E-state index contributed by atoms with van der Waals surface area (Å²) in [5.74, 6) is -1.65. The first kappa shape index (κ1) is 11.9. The van der Waals surface area contributed by atoms with Crippen LogP contribution in [0.25, 0.3) is 0 Å². The van der Waals surface area contributed by atoms with Crippen LogP contribution in [0.2, 0.25) is 0 Å². The Morgan fingerprint density at radius 1 is 1.31 bits per heavy atom. The molecule has 0 spiro atoms. The molecule has 0 bridgehead atoms. The van der Waals surface area contributed by atoms with E-state index in [4.69, 9.17) is 4.74 Å². The lowest BCUT2D eigenvalue weighted by atomic mass is 10.2. The Labute approximate surface area is 92.0 Å². The highest BCUT2D eigenvalue weighted by molar-refractivity contribution is 6.21. The molecule has 0 unspecified atom stereocenters. The highest BCUT2D eigenvalue weighted by atomic mass is 16.5. The molecule has 0 aliphatic heterocycles. The molecule has 0 heterocycles. The molecule has 0 saturated heterocycles. The van der Waals surface area contributed by atoms with Crippen LogP contribution in [0.4, 0.5) is 0 Å². The van der Waals surface area contributed by atoms with Gasteiger partial charge in [0, 0.05) is 0 Å². The van der Waals surface area contributed by atoms with Gasteiger partial charge in [0.25, 0.3) is 0 Å². The van der Waals surface area contributed by atoms with Gasteiger partial charge in [0.1, 0.15) is 11.3 Å². The van der Waals surface area contributed by atoms with E-state index in [9.17, 15) is 14.4 Å². The van der Waals surface area contributed by atoms with Crippen LogP contribution in [0.5, 0.6) is 5.75 Å². The third-order valence-corrected chi connectivity index (χ3v) is 1.69. The Kier molecular flexibility index (Phi) is 4.20. The van der Waals surface area contributed by atoms with E-state index >= 15 is 0 Å². The van der Waals surface area contributed by atoms with Gasteiger partial charge in [-0.2, -0.15) is 0 Å². The second kappa shape index (κ2) is 5.65. The number of carbonyl (C=O) groups excluding carboxylic acids is 3. The van der Waals surface area contributed by atoms with Crippen molar-refractivity contribution in [2.45, 2.75) is 6.92 Å². The molecule has 1 aromatic rings. The molecule has 0 atom stereocenters. The Bertz CT molecular complexity index is 411. The zero-order chi connectivity index (χ0) is 12.0. The Morgan fingerprint density at radius 3 is 2.62 bits per heavy atom. The summed E-state index contributed by atoms with van der Waals surface area (Å²) >= 11 is 0. The number of benzene rings is 1. The summed E-state index contributed by atoms with van der Waals surface area (Å²) in [7, 11) is 0. The second-order valence-electron chi connectivity index (χ2n) is 2.76. The third kappa shape index (κ3) is 2.91. The molecule has 0 radical (unpaired) electrons. The maximum Gasteiger partial charge on any atom is 0.376 e. The highest BCUT2D eigenvalue weighted by Crippen LogP contribution is 2.18. The average molecular weight is 222 g/mol. The fraction of sp³-hybridized carbons (Fsp3) is 0.182. The van der Waals surface area contributed by atoms with E-state index in [1.54, 1.807) is 19.1 Å². The zero-order valence-corrected chi connectivity index (χ0v) is 8.64. The van der Waals surface area contributed by atoms with E-state index in [1.165, 1.54) is 12.1 Å². The summed E-state index contributed by atoms with van der Waals surface area (Å²) < 4.78 is 9.42. The van der Waals surface area contributed by atoms with Gasteiger partial charge in [0.15, 0.2) is 0 Å². The Morgan fingerprint density at radius 2 is 2.00 bits per heavy atom. The van der Waals surface area contributed by atoms with E-state index in [1.807, 2.05) is 0 Å². The molecule has 0 saturated carbocycles. The summed E-state index contributed by atoms with van der Waals surface area (Å²) in [5, 5.41) is 0. The molecule has 16 heavy (non-hydrogen) atoms. The predicted molar refractivity (Wildman–Crippen MR) is 54.1 cm³/mol. The van der Waals surface area contributed by atoms with Crippen molar-refractivity contribution in [3.63, 3.8) is 0 Å². The van der Waals surface area contributed by atoms with Crippen molar-refractivity contribution in [2.24, 2.45) is 0 Å². The van der Waals surface area contributed by atoms with E-state index in [0.29, 0.717) is 0 Å². The first-order valence-corrected chi connectivity index (χ1v) is 4.62. The first-order valence-electron chi connectivity index (χ1n) is 4.62. The number of aldehydes is 1. The van der Waals surface area contributed by atoms with Crippen LogP contribution in [0.15, 0.2) is 24.3 Å². The molecule has 0 aliphatic rings. The highest BCUT2D eigenvalue weighted by Gasteiger charge is 2.15. The molecular weight excluding hydrogens is 212 g/mol. The topological polar surface area (TPSA) is 69.7 Å². The number of esters is 2. The van der Waals surface area contributed by atoms with Gasteiger partial charge < -0.3 is 9.47 Å². The Balaban J connectivity index is 2.95. The monoisotopic (exact) mass is 222 g/mol. The van der Waals surface area contributed by atoms with E-state index in [0.717, 1.165) is 0 Å². The molecule has 1 aromatic carbocycles. The van der Waals surface area contributed by atoms with Gasteiger partial charge in [-0.05, 0) is 19.1 Å². The lowest BCUT2D eigenvalue weighted by molar-refractivity contribution is -0.141. The molecule has 0 fully saturated rings. The fourth-order valence-corrected chi connectivity index (χ4v) is 1.07. The normalized spacial score (nSPS) is 9.31. The zero-order valence-electron chi connectivity index (χ0n) is 8.64. The van der Waals surface area contributed by atoms with Crippen molar-refractivity contribution in [2.75, 3.05) is 6.61 Å². The molecule has 5 nitrogen and oxygen atoms in total. The number of hydrogen-bond acceptors (Lipinski definition) is 5. The van der Waals surface area contributed by atoms with Crippen LogP contribution in [-0.2, 0) is 14.3 Å². The number of carbonyl (C=O) groups is 3. The number of hydrogen-bond donors (Lipinski definition) is 0. The van der Waals surface area contributed by atoms with Crippen molar-refractivity contribution in [1.29, 1.82) is 0 Å². The third-order valence-electron chi connectivity index (χ3n) is 1.69. The van der Waals surface area contributed by atoms with E-state index in [-0.39, 0.29) is 24.2 Å². The SMILES string of the molecule is CCOC(=O)c1ccccc1OC(=O)C=O. The molecule has 5 heteroatoms. The molecule has 0 amide bonds. The largest absolute Gasteiger partial charge is 0.462 e. The first-order chi connectivity index (χ1) is 7.69. The van der Waals surface area contributed by atoms with E-state index in [2.05, 4.69) is 4.74 Å². The maximum atomic E-state index is 11.4. The number of para-hydroxylation sites is 1. The van der Waals surface area contributed by atoms with Gasteiger partial charge in [-0.1, -0.05) is 12.1 Å².